The summed E-state index contributed by atoms with van der Waals surface area (Å²) >= 11 is 0. The molecule has 1 fully saturated rings. The van der Waals surface area contributed by atoms with Crippen molar-refractivity contribution >= 4 is 18.1 Å². The molecule has 136 valence electrons. The SMILES string of the molecule is CN(c1ccc(C2CC2N)cc1)N(C(=O)O)C(C=O)Cc1ccccc1. The highest BCUT2D eigenvalue weighted by Crippen LogP contribution is 2.39. The third-order valence-corrected chi connectivity index (χ3v) is 4.81. The van der Waals surface area contributed by atoms with Crippen molar-refractivity contribution in [2.75, 3.05) is 12.1 Å². The summed E-state index contributed by atoms with van der Waals surface area (Å²) in [6.45, 7) is 0. The Labute approximate surface area is 152 Å². The van der Waals surface area contributed by atoms with Crippen LogP contribution in [0.5, 0.6) is 0 Å². The van der Waals surface area contributed by atoms with Crippen molar-refractivity contribution in [1.82, 2.24) is 5.01 Å². The number of hydrogen-bond acceptors (Lipinski definition) is 4. The molecule has 1 saturated carbocycles. The van der Waals surface area contributed by atoms with E-state index in [4.69, 9.17) is 5.73 Å². The van der Waals surface area contributed by atoms with Gasteiger partial charge in [0.05, 0.1) is 5.69 Å². The summed E-state index contributed by atoms with van der Waals surface area (Å²) < 4.78 is 0. The van der Waals surface area contributed by atoms with E-state index < -0.39 is 12.1 Å². The van der Waals surface area contributed by atoms with E-state index in [1.54, 1.807) is 7.05 Å². The molecule has 2 aromatic carbocycles. The summed E-state index contributed by atoms with van der Waals surface area (Å²) in [6.07, 6.45) is 0.806. The first-order valence-corrected chi connectivity index (χ1v) is 8.62. The molecule has 0 heterocycles. The molecule has 6 nitrogen and oxygen atoms in total. The predicted octanol–water partition coefficient (Wildman–Crippen LogP) is 2.64. The maximum absolute atomic E-state index is 11.8. The van der Waals surface area contributed by atoms with E-state index in [1.165, 1.54) is 5.01 Å². The number of rotatable bonds is 7. The molecule has 0 bridgehead atoms. The largest absolute Gasteiger partial charge is 0.464 e. The fourth-order valence-electron chi connectivity index (χ4n) is 3.20. The Morgan fingerprint density at radius 3 is 2.35 bits per heavy atom. The lowest BCUT2D eigenvalue weighted by atomic mass is 10.1. The highest BCUT2D eigenvalue weighted by molar-refractivity contribution is 5.74. The lowest BCUT2D eigenvalue weighted by Gasteiger charge is -2.35. The van der Waals surface area contributed by atoms with Crippen LogP contribution in [-0.2, 0) is 11.2 Å². The van der Waals surface area contributed by atoms with Crippen LogP contribution < -0.4 is 10.7 Å². The lowest BCUT2D eigenvalue weighted by molar-refractivity contribution is -0.112. The molecule has 26 heavy (non-hydrogen) atoms. The first kappa shape index (κ1) is 17.9. The molecular weight excluding hydrogens is 330 g/mol. The number of carbonyl (C=O) groups excluding carboxylic acids is 1. The van der Waals surface area contributed by atoms with Crippen LogP contribution in [-0.4, -0.2) is 41.6 Å². The summed E-state index contributed by atoms with van der Waals surface area (Å²) in [7, 11) is 1.65. The Morgan fingerprint density at radius 1 is 1.23 bits per heavy atom. The summed E-state index contributed by atoms with van der Waals surface area (Å²) in [6, 6.07) is 16.5. The van der Waals surface area contributed by atoms with Gasteiger partial charge in [0, 0.05) is 25.4 Å². The van der Waals surface area contributed by atoms with Crippen molar-refractivity contribution in [3.05, 3.63) is 65.7 Å². The fourth-order valence-corrected chi connectivity index (χ4v) is 3.20. The topological polar surface area (TPSA) is 86.9 Å². The average Bonchev–Trinajstić information content (AvgIpc) is 3.38. The number of benzene rings is 2. The highest BCUT2D eigenvalue weighted by atomic mass is 16.4. The minimum Gasteiger partial charge on any atom is -0.464 e. The second-order valence-electron chi connectivity index (χ2n) is 6.64. The van der Waals surface area contributed by atoms with Gasteiger partial charge in [-0.3, -0.25) is 5.01 Å². The van der Waals surface area contributed by atoms with Gasteiger partial charge in [0.15, 0.2) is 0 Å². The van der Waals surface area contributed by atoms with Crippen LogP contribution in [0.2, 0.25) is 0 Å². The van der Waals surface area contributed by atoms with Crippen molar-refractivity contribution in [1.29, 1.82) is 0 Å². The molecule has 2 aromatic rings. The Hall–Kier alpha value is -2.86. The highest BCUT2D eigenvalue weighted by Gasteiger charge is 2.35. The van der Waals surface area contributed by atoms with Crippen LogP contribution in [0, 0.1) is 0 Å². The number of hydrazine groups is 1. The van der Waals surface area contributed by atoms with Crippen LogP contribution in [0.3, 0.4) is 0 Å². The smallest absolute Gasteiger partial charge is 0.427 e. The molecule has 3 rings (SSSR count). The molecule has 0 aromatic heterocycles. The predicted molar refractivity (Wildman–Crippen MR) is 100 cm³/mol. The Kier molecular flexibility index (Phi) is 5.23. The molecule has 1 amide bonds. The second kappa shape index (κ2) is 7.58. The summed E-state index contributed by atoms with van der Waals surface area (Å²) in [4.78, 5) is 23.5. The standard InChI is InChI=1S/C20H23N3O3/c1-22(16-9-7-15(8-10-16)18-12-19(18)21)23(20(25)26)17(13-24)11-14-5-3-2-4-6-14/h2-10,13,17-19H,11-12,21H2,1H3,(H,25,26). The Balaban J connectivity index is 1.79. The van der Waals surface area contributed by atoms with Crippen LogP contribution >= 0.6 is 0 Å². The first-order chi connectivity index (χ1) is 12.5. The lowest BCUT2D eigenvalue weighted by Crippen LogP contribution is -2.51. The quantitative estimate of drug-likeness (QED) is 0.590. The molecular formula is C20H23N3O3. The van der Waals surface area contributed by atoms with Gasteiger partial charge in [0.25, 0.3) is 0 Å². The van der Waals surface area contributed by atoms with Crippen molar-refractivity contribution in [2.45, 2.75) is 30.8 Å². The number of anilines is 1. The Bertz CT molecular complexity index is 764. The van der Waals surface area contributed by atoms with Gasteiger partial charge in [-0.2, -0.15) is 0 Å². The molecule has 3 unspecified atom stereocenters. The van der Waals surface area contributed by atoms with Gasteiger partial charge in [-0.15, -0.1) is 0 Å². The van der Waals surface area contributed by atoms with Crippen molar-refractivity contribution in [2.24, 2.45) is 5.73 Å². The zero-order valence-electron chi connectivity index (χ0n) is 14.7. The number of amides is 1. The van der Waals surface area contributed by atoms with Crippen LogP contribution in [0.25, 0.3) is 0 Å². The molecule has 3 atom stereocenters. The van der Waals surface area contributed by atoms with Gasteiger partial charge < -0.3 is 15.6 Å². The molecule has 1 aliphatic rings. The van der Waals surface area contributed by atoms with E-state index in [9.17, 15) is 14.7 Å². The van der Waals surface area contributed by atoms with Crippen LogP contribution in [0.15, 0.2) is 54.6 Å². The van der Waals surface area contributed by atoms with E-state index in [1.807, 2.05) is 54.6 Å². The average molecular weight is 353 g/mol. The van der Waals surface area contributed by atoms with Crippen molar-refractivity contribution < 1.29 is 14.7 Å². The van der Waals surface area contributed by atoms with E-state index in [0.717, 1.165) is 22.6 Å². The van der Waals surface area contributed by atoms with Gasteiger partial charge >= 0.3 is 6.09 Å². The van der Waals surface area contributed by atoms with Crippen LogP contribution in [0.1, 0.15) is 23.5 Å². The summed E-state index contributed by atoms with van der Waals surface area (Å²) in [5, 5.41) is 12.2. The first-order valence-electron chi connectivity index (χ1n) is 8.62. The number of nitrogens with zero attached hydrogens (tertiary/aromatic N) is 2. The summed E-state index contributed by atoms with van der Waals surface area (Å²) in [5.74, 6) is 0.394. The normalized spacial score (nSPS) is 19.5. The van der Waals surface area contributed by atoms with Crippen molar-refractivity contribution in [3.8, 4) is 0 Å². The van der Waals surface area contributed by atoms with Gasteiger partial charge in [-0.1, -0.05) is 42.5 Å². The minimum absolute atomic E-state index is 0.222. The van der Waals surface area contributed by atoms with Gasteiger partial charge in [-0.05, 0) is 29.7 Å². The number of carbonyl (C=O) groups is 2. The van der Waals surface area contributed by atoms with E-state index >= 15 is 0 Å². The zero-order chi connectivity index (χ0) is 18.7. The maximum Gasteiger partial charge on any atom is 0.427 e. The van der Waals surface area contributed by atoms with E-state index in [-0.39, 0.29) is 6.04 Å². The molecule has 0 saturated heterocycles. The molecule has 6 heteroatoms. The molecule has 0 aliphatic heterocycles. The van der Waals surface area contributed by atoms with Gasteiger partial charge in [0.1, 0.15) is 12.3 Å². The van der Waals surface area contributed by atoms with Gasteiger partial charge in [-0.25, -0.2) is 9.80 Å². The molecule has 1 aliphatic carbocycles. The number of aldehydes is 1. The number of hydrogen-bond donors (Lipinski definition) is 2. The van der Waals surface area contributed by atoms with Crippen molar-refractivity contribution in [3.63, 3.8) is 0 Å². The minimum atomic E-state index is -1.17. The van der Waals surface area contributed by atoms with Gasteiger partial charge in [0.2, 0.25) is 0 Å². The Morgan fingerprint density at radius 2 is 1.85 bits per heavy atom. The third-order valence-electron chi connectivity index (χ3n) is 4.81. The molecule has 0 spiro atoms. The van der Waals surface area contributed by atoms with E-state index in [0.29, 0.717) is 24.3 Å². The number of carboxylic acid groups (broad SMARTS) is 1. The summed E-state index contributed by atoms with van der Waals surface area (Å²) in [5.41, 5.74) is 8.64. The number of nitrogens with two attached hydrogens (primary N) is 1. The zero-order valence-corrected chi connectivity index (χ0v) is 14.7. The second-order valence-corrected chi connectivity index (χ2v) is 6.64. The van der Waals surface area contributed by atoms with E-state index in [2.05, 4.69) is 0 Å². The monoisotopic (exact) mass is 353 g/mol. The molecule has 3 N–H and O–H groups in total. The fraction of sp³-hybridized carbons (Fsp3) is 0.300. The van der Waals surface area contributed by atoms with Crippen LogP contribution in [0.4, 0.5) is 10.5 Å². The third kappa shape index (κ3) is 3.86. The maximum atomic E-state index is 11.8. The molecule has 0 radical (unpaired) electrons.